The number of hydrogen-bond donors (Lipinski definition) is 1. The number of rotatable bonds is 2. The minimum atomic E-state index is 0.573. The second-order valence-corrected chi connectivity index (χ2v) is 6.14. The molecule has 0 spiro atoms. The van der Waals surface area contributed by atoms with Crippen molar-refractivity contribution in [3.05, 3.63) is 41.6 Å². The van der Waals surface area contributed by atoms with E-state index in [1.807, 2.05) is 6.92 Å². The Morgan fingerprint density at radius 3 is 2.65 bits per heavy atom. The van der Waals surface area contributed by atoms with Crippen molar-refractivity contribution in [1.29, 1.82) is 0 Å². The lowest BCUT2D eigenvalue weighted by atomic mass is 10.1. The molecule has 3 heteroatoms. The van der Waals surface area contributed by atoms with Gasteiger partial charge in [-0.2, -0.15) is 0 Å². The highest BCUT2D eigenvalue weighted by Crippen LogP contribution is 2.17. The summed E-state index contributed by atoms with van der Waals surface area (Å²) in [6.45, 7) is 9.82. The van der Waals surface area contributed by atoms with Crippen LogP contribution in [0.3, 0.4) is 0 Å². The average Bonchev–Trinajstić information content (AvgIpc) is 2.38. The molecule has 1 aromatic heterocycles. The largest absolute Gasteiger partial charge is 0.309 e. The van der Waals surface area contributed by atoms with Gasteiger partial charge in [-0.15, -0.1) is 0 Å². The molecule has 1 N–H and O–H groups in total. The summed E-state index contributed by atoms with van der Waals surface area (Å²) in [5.74, 6) is 0. The van der Waals surface area contributed by atoms with Crippen molar-refractivity contribution < 1.29 is 0 Å². The first kappa shape index (κ1) is 13.5. The van der Waals surface area contributed by atoms with Gasteiger partial charge >= 0.3 is 0 Å². The maximum Gasteiger partial charge on any atom is 0.0705 e. The van der Waals surface area contributed by atoms with Gasteiger partial charge in [0.15, 0.2) is 0 Å². The summed E-state index contributed by atoms with van der Waals surface area (Å²) in [5, 5.41) is 4.82. The SMILES string of the molecule is Cc1ccc2cc(CN3CC(C)NC(C)C3)ccc2n1. The van der Waals surface area contributed by atoms with Crippen molar-refractivity contribution in [2.75, 3.05) is 13.1 Å². The van der Waals surface area contributed by atoms with Crippen LogP contribution in [0.15, 0.2) is 30.3 Å². The fraction of sp³-hybridized carbons (Fsp3) is 0.471. The maximum atomic E-state index is 4.56. The summed E-state index contributed by atoms with van der Waals surface area (Å²) in [6, 6.07) is 12.0. The molecule has 1 saturated heterocycles. The van der Waals surface area contributed by atoms with Crippen molar-refractivity contribution in [1.82, 2.24) is 15.2 Å². The fourth-order valence-corrected chi connectivity index (χ4v) is 3.20. The van der Waals surface area contributed by atoms with Crippen LogP contribution < -0.4 is 5.32 Å². The van der Waals surface area contributed by atoms with Crippen LogP contribution in [0.5, 0.6) is 0 Å². The quantitative estimate of drug-likeness (QED) is 0.908. The minimum Gasteiger partial charge on any atom is -0.309 e. The second-order valence-electron chi connectivity index (χ2n) is 6.14. The molecule has 2 atom stereocenters. The lowest BCUT2D eigenvalue weighted by Crippen LogP contribution is -2.53. The topological polar surface area (TPSA) is 28.2 Å². The molecule has 1 aliphatic rings. The smallest absolute Gasteiger partial charge is 0.0705 e. The molecule has 3 nitrogen and oxygen atoms in total. The Bertz CT molecular complexity index is 598. The Morgan fingerprint density at radius 1 is 1.15 bits per heavy atom. The Balaban J connectivity index is 1.79. The van der Waals surface area contributed by atoms with E-state index < -0.39 is 0 Å². The van der Waals surface area contributed by atoms with E-state index in [0.717, 1.165) is 30.8 Å². The minimum absolute atomic E-state index is 0.573. The molecule has 2 unspecified atom stereocenters. The van der Waals surface area contributed by atoms with E-state index in [1.165, 1.54) is 10.9 Å². The van der Waals surface area contributed by atoms with Crippen LogP contribution >= 0.6 is 0 Å². The molecule has 2 aromatic rings. The summed E-state index contributed by atoms with van der Waals surface area (Å²) >= 11 is 0. The van der Waals surface area contributed by atoms with Gasteiger partial charge < -0.3 is 5.32 Å². The second kappa shape index (κ2) is 5.51. The highest BCUT2D eigenvalue weighted by atomic mass is 15.2. The molecule has 0 aliphatic carbocycles. The lowest BCUT2D eigenvalue weighted by molar-refractivity contribution is 0.166. The van der Waals surface area contributed by atoms with E-state index in [9.17, 15) is 0 Å². The molecule has 1 fully saturated rings. The highest BCUT2D eigenvalue weighted by Gasteiger charge is 2.20. The van der Waals surface area contributed by atoms with Crippen LogP contribution in [0.25, 0.3) is 10.9 Å². The van der Waals surface area contributed by atoms with Crippen molar-refractivity contribution in [3.8, 4) is 0 Å². The molecule has 0 amide bonds. The molecule has 3 rings (SSSR count). The van der Waals surface area contributed by atoms with E-state index in [-0.39, 0.29) is 0 Å². The Hall–Kier alpha value is -1.45. The number of pyridine rings is 1. The van der Waals surface area contributed by atoms with Gasteiger partial charge in [0.1, 0.15) is 0 Å². The highest BCUT2D eigenvalue weighted by molar-refractivity contribution is 5.79. The average molecular weight is 269 g/mol. The van der Waals surface area contributed by atoms with Gasteiger partial charge in [0.05, 0.1) is 5.52 Å². The number of piperazine rings is 1. The van der Waals surface area contributed by atoms with Gasteiger partial charge in [-0.25, -0.2) is 0 Å². The molecule has 0 radical (unpaired) electrons. The first-order valence-electron chi connectivity index (χ1n) is 7.45. The fourth-order valence-electron chi connectivity index (χ4n) is 3.20. The van der Waals surface area contributed by atoms with Gasteiger partial charge in [-0.05, 0) is 44.5 Å². The lowest BCUT2D eigenvalue weighted by Gasteiger charge is -2.36. The third-order valence-corrected chi connectivity index (χ3v) is 3.93. The van der Waals surface area contributed by atoms with Crippen molar-refractivity contribution in [2.45, 2.75) is 39.4 Å². The molecule has 106 valence electrons. The summed E-state index contributed by atoms with van der Waals surface area (Å²) in [4.78, 5) is 7.10. The standard InChI is InChI=1S/C17H23N3/c1-12-4-6-16-8-15(5-7-17(16)19-12)11-20-9-13(2)18-14(3)10-20/h4-8,13-14,18H,9-11H2,1-3H3. The number of nitrogens with zero attached hydrogens (tertiary/aromatic N) is 2. The molecule has 1 aromatic carbocycles. The predicted molar refractivity (Wildman–Crippen MR) is 83.8 cm³/mol. The molecule has 0 bridgehead atoms. The van der Waals surface area contributed by atoms with Gasteiger partial charge in [0.2, 0.25) is 0 Å². The molecule has 1 aliphatic heterocycles. The van der Waals surface area contributed by atoms with Crippen LogP contribution in [0, 0.1) is 6.92 Å². The van der Waals surface area contributed by atoms with E-state index in [4.69, 9.17) is 0 Å². The monoisotopic (exact) mass is 269 g/mol. The summed E-state index contributed by atoms with van der Waals surface area (Å²) in [6.07, 6.45) is 0. The van der Waals surface area contributed by atoms with Gasteiger partial charge in [-0.3, -0.25) is 9.88 Å². The summed E-state index contributed by atoms with van der Waals surface area (Å²) < 4.78 is 0. The predicted octanol–water partition coefficient (Wildman–Crippen LogP) is 2.73. The van der Waals surface area contributed by atoms with Crippen LogP contribution in [0.4, 0.5) is 0 Å². The zero-order valence-electron chi connectivity index (χ0n) is 12.6. The number of nitrogens with one attached hydrogen (secondary N) is 1. The number of hydrogen-bond acceptors (Lipinski definition) is 3. The third-order valence-electron chi connectivity index (χ3n) is 3.93. The van der Waals surface area contributed by atoms with E-state index in [2.05, 4.69) is 59.4 Å². The van der Waals surface area contributed by atoms with Crippen molar-refractivity contribution in [2.24, 2.45) is 0 Å². The van der Waals surface area contributed by atoms with Crippen molar-refractivity contribution in [3.63, 3.8) is 0 Å². The first-order valence-corrected chi connectivity index (χ1v) is 7.45. The van der Waals surface area contributed by atoms with Gasteiger partial charge in [0.25, 0.3) is 0 Å². The number of aryl methyl sites for hydroxylation is 1. The summed E-state index contributed by atoms with van der Waals surface area (Å²) in [5.41, 5.74) is 3.55. The Kier molecular flexibility index (Phi) is 3.72. The van der Waals surface area contributed by atoms with Crippen LogP contribution in [0.2, 0.25) is 0 Å². The van der Waals surface area contributed by atoms with Crippen LogP contribution in [0.1, 0.15) is 25.1 Å². The summed E-state index contributed by atoms with van der Waals surface area (Å²) in [7, 11) is 0. The van der Waals surface area contributed by atoms with Gasteiger partial charge in [-0.1, -0.05) is 12.1 Å². The molecule has 20 heavy (non-hydrogen) atoms. The zero-order chi connectivity index (χ0) is 14.1. The van der Waals surface area contributed by atoms with Crippen LogP contribution in [-0.2, 0) is 6.54 Å². The Labute approximate surface area is 121 Å². The number of benzene rings is 1. The van der Waals surface area contributed by atoms with E-state index >= 15 is 0 Å². The maximum absolute atomic E-state index is 4.56. The molecule has 2 heterocycles. The number of aromatic nitrogens is 1. The van der Waals surface area contributed by atoms with Crippen molar-refractivity contribution >= 4 is 10.9 Å². The molecular formula is C17H23N3. The van der Waals surface area contributed by atoms with E-state index in [1.54, 1.807) is 0 Å². The van der Waals surface area contributed by atoms with Gasteiger partial charge in [0, 0.05) is 42.8 Å². The van der Waals surface area contributed by atoms with E-state index in [0.29, 0.717) is 12.1 Å². The Morgan fingerprint density at radius 2 is 1.90 bits per heavy atom. The molecular weight excluding hydrogens is 246 g/mol. The number of fused-ring (bicyclic) bond motifs is 1. The third kappa shape index (κ3) is 3.00. The normalized spacial score (nSPS) is 24.1. The first-order chi connectivity index (χ1) is 9.60. The zero-order valence-corrected chi connectivity index (χ0v) is 12.6. The molecule has 0 saturated carbocycles. The van der Waals surface area contributed by atoms with Crippen LogP contribution in [-0.4, -0.2) is 35.1 Å².